The second-order valence-corrected chi connectivity index (χ2v) is 17.7. The molecule has 3 heterocycles. The molecule has 10 nitrogen and oxygen atoms in total. The first-order valence-electron chi connectivity index (χ1n) is 17.4. The molecule has 2 aliphatic carbocycles. The molecule has 0 saturated heterocycles. The van der Waals surface area contributed by atoms with Gasteiger partial charge in [0.1, 0.15) is 40.9 Å². The number of nitrogens with one attached hydrogen (secondary N) is 1. The van der Waals surface area contributed by atoms with Gasteiger partial charge in [0.25, 0.3) is 0 Å². The van der Waals surface area contributed by atoms with E-state index in [0.717, 1.165) is 24.5 Å². The maximum atomic E-state index is 15.3. The van der Waals surface area contributed by atoms with Gasteiger partial charge in [0.15, 0.2) is 21.3 Å². The molecule has 0 radical (unpaired) electrons. The van der Waals surface area contributed by atoms with Crippen molar-refractivity contribution < 1.29 is 57.1 Å². The molecule has 316 valence electrons. The van der Waals surface area contributed by atoms with Crippen LogP contribution in [0.25, 0.3) is 22.0 Å². The predicted octanol–water partition coefficient (Wildman–Crippen LogP) is 7.79. The number of nitrogens with two attached hydrogens (primary N) is 1. The highest BCUT2D eigenvalue weighted by molar-refractivity contribution is 7.92. The van der Waals surface area contributed by atoms with Gasteiger partial charge < -0.3 is 11.1 Å². The van der Waals surface area contributed by atoms with Crippen LogP contribution < -0.4 is 11.1 Å². The Balaban J connectivity index is 1.42. The van der Waals surface area contributed by atoms with Gasteiger partial charge in [0.05, 0.1) is 27.7 Å². The van der Waals surface area contributed by atoms with E-state index in [2.05, 4.69) is 32.3 Å². The summed E-state index contributed by atoms with van der Waals surface area (Å²) >= 11 is 6.38. The Morgan fingerprint density at radius 1 is 1.00 bits per heavy atom. The van der Waals surface area contributed by atoms with Crippen molar-refractivity contribution in [3.05, 3.63) is 105 Å². The Morgan fingerprint density at radius 2 is 1.65 bits per heavy atom. The highest BCUT2D eigenvalue weighted by atomic mass is 35.5. The summed E-state index contributed by atoms with van der Waals surface area (Å²) in [5.74, 6) is -3.87. The highest BCUT2D eigenvalue weighted by Crippen LogP contribution is 2.63. The van der Waals surface area contributed by atoms with Crippen molar-refractivity contribution in [1.29, 1.82) is 0 Å². The first-order valence-corrected chi connectivity index (χ1v) is 19.7. The molecule has 2 atom stereocenters. The number of carbonyl (C=O) groups excluding carboxylic acids is 1. The Labute approximate surface area is 338 Å². The molecule has 0 unspecified atom stereocenters. The summed E-state index contributed by atoms with van der Waals surface area (Å²) in [7, 11) is -3.80. The van der Waals surface area contributed by atoms with Crippen LogP contribution in [0, 0.1) is 23.5 Å². The lowest BCUT2D eigenvalue weighted by Gasteiger charge is -2.23. The van der Waals surface area contributed by atoms with Gasteiger partial charge in [-0.15, -0.1) is 0 Å². The lowest BCUT2D eigenvalue weighted by atomic mass is 9.93. The standard InChI is InChI=1S/C38H28ClF10N7O3S/c1-35(2,60(3,58)59)9-8-20-4-5-21(22-6-7-25(39)29-31(22)56(54-34(29)50)16-36(42,43)44)30(51-20)26(12-17-10-18(40)13-19(41)11-17)52-27(57)15-55-33-28(32(53-55)38(47,48)49)23-14-24(23)37(33,45)46/h4-7,10-11,13-14,23,26H,12,15-16H2,1-3H3,(H2,50,54)(H,52,57)/t23-,26-/m0/s1. The number of halogens is 11. The lowest BCUT2D eigenvalue weighted by Crippen LogP contribution is -2.35. The highest BCUT2D eigenvalue weighted by Gasteiger charge is 2.62. The Kier molecular flexibility index (Phi) is 10.1. The van der Waals surface area contributed by atoms with Gasteiger partial charge in [-0.05, 0) is 62.1 Å². The number of anilines is 1. The van der Waals surface area contributed by atoms with E-state index < -0.39 is 110 Å². The van der Waals surface area contributed by atoms with Crippen molar-refractivity contribution in [1.82, 2.24) is 29.9 Å². The van der Waals surface area contributed by atoms with Crippen LogP contribution in [0.2, 0.25) is 5.02 Å². The van der Waals surface area contributed by atoms with Crippen LogP contribution >= 0.6 is 11.6 Å². The summed E-state index contributed by atoms with van der Waals surface area (Å²) in [4.78, 5) is 18.4. The fourth-order valence-corrected chi connectivity index (χ4v) is 7.43. The number of allylic oxidation sites excluding steroid dienone is 2. The number of nitrogens with zero attached hydrogens (tertiary/aromatic N) is 5. The van der Waals surface area contributed by atoms with Gasteiger partial charge >= 0.3 is 18.3 Å². The van der Waals surface area contributed by atoms with Crippen LogP contribution in [0.4, 0.5) is 49.7 Å². The first kappa shape index (κ1) is 42.5. The van der Waals surface area contributed by atoms with Gasteiger partial charge in [-0.2, -0.15) is 45.3 Å². The molecule has 0 spiro atoms. The minimum atomic E-state index is -5.18. The number of benzene rings is 2. The normalized spacial score (nSPS) is 16.5. The zero-order valence-corrected chi connectivity index (χ0v) is 32.6. The van der Waals surface area contributed by atoms with Crippen molar-refractivity contribution in [3.8, 4) is 23.0 Å². The molecule has 3 N–H and O–H groups in total. The minimum Gasteiger partial charge on any atom is -0.382 e. The van der Waals surface area contributed by atoms with Crippen molar-refractivity contribution in [2.24, 2.45) is 0 Å². The molecular formula is C38H28ClF10N7O3S. The number of aromatic nitrogens is 5. The summed E-state index contributed by atoms with van der Waals surface area (Å²) in [5.41, 5.74) is 0.760. The van der Waals surface area contributed by atoms with Gasteiger partial charge in [-0.25, -0.2) is 22.2 Å². The molecule has 1 amide bonds. The molecule has 2 aliphatic rings. The fourth-order valence-electron chi connectivity index (χ4n) is 6.94. The quantitative estimate of drug-likeness (QED) is 0.0876. The summed E-state index contributed by atoms with van der Waals surface area (Å²) in [6.07, 6.45) is -8.74. The first-order chi connectivity index (χ1) is 27.7. The van der Waals surface area contributed by atoms with Crippen molar-refractivity contribution >= 4 is 44.1 Å². The summed E-state index contributed by atoms with van der Waals surface area (Å²) in [5, 5.41) is 9.39. The monoisotopic (exact) mass is 887 g/mol. The number of nitrogen functional groups attached to an aromatic ring is 1. The number of hydrogen-bond donors (Lipinski definition) is 2. The van der Waals surface area contributed by atoms with Crippen LogP contribution in [0.15, 0.2) is 54.1 Å². The second kappa shape index (κ2) is 14.2. The lowest BCUT2D eigenvalue weighted by molar-refractivity contribution is -0.142. The molecule has 5 aromatic rings. The molecule has 2 aromatic carbocycles. The number of hydrogen-bond acceptors (Lipinski definition) is 7. The van der Waals surface area contributed by atoms with Crippen LogP contribution in [-0.2, 0) is 46.2 Å². The summed E-state index contributed by atoms with van der Waals surface area (Å²) < 4.78 is 167. The second-order valence-electron chi connectivity index (χ2n) is 14.7. The number of pyridine rings is 1. The molecule has 3 aromatic heterocycles. The van der Waals surface area contributed by atoms with E-state index in [4.69, 9.17) is 17.3 Å². The Hall–Kier alpha value is -5.62. The maximum absolute atomic E-state index is 15.3. The third-order valence-corrected chi connectivity index (χ3v) is 12.2. The average Bonchev–Trinajstić information content (AvgIpc) is 3.64. The van der Waals surface area contributed by atoms with Gasteiger partial charge in [-0.1, -0.05) is 29.7 Å². The predicted molar refractivity (Wildman–Crippen MR) is 197 cm³/mol. The molecule has 0 bridgehead atoms. The SMILES string of the molecule is CC(C)(C#Cc1ccc(-c2ccc(Cl)c3c(N)nn(CC(F)(F)F)c23)c([C@H](Cc2cc(F)cc(F)c2)NC(=O)Cn2nc(C(F)(F)F)c3c2C(F)(F)C2=C[C@@H]23)n1)S(C)(=O)=O. The van der Waals surface area contributed by atoms with Crippen molar-refractivity contribution in [2.75, 3.05) is 12.0 Å². The maximum Gasteiger partial charge on any atom is 0.435 e. The number of rotatable bonds is 9. The van der Waals surface area contributed by atoms with Gasteiger partial charge in [0, 0.05) is 40.5 Å². The number of carbonyl (C=O) groups is 1. The van der Waals surface area contributed by atoms with Crippen LogP contribution in [0.3, 0.4) is 0 Å². The topological polar surface area (TPSA) is 138 Å². The van der Waals surface area contributed by atoms with E-state index in [1.54, 1.807) is 0 Å². The smallest absolute Gasteiger partial charge is 0.382 e. The van der Waals surface area contributed by atoms with E-state index in [1.165, 1.54) is 38.1 Å². The number of amides is 1. The number of alkyl halides is 8. The summed E-state index contributed by atoms with van der Waals surface area (Å²) in [6.45, 7) is -0.315. The third kappa shape index (κ3) is 7.89. The molecule has 0 aliphatic heterocycles. The number of sulfone groups is 1. The van der Waals surface area contributed by atoms with Gasteiger partial charge in [-0.3, -0.25) is 14.2 Å². The summed E-state index contributed by atoms with van der Waals surface area (Å²) in [6, 6.07) is 5.74. The molecule has 0 saturated carbocycles. The van der Waals surface area contributed by atoms with Crippen LogP contribution in [0.1, 0.15) is 59.7 Å². The minimum absolute atomic E-state index is 0.0853. The fraction of sp³-hybridized carbons (Fsp3) is 0.316. The molecule has 22 heteroatoms. The third-order valence-electron chi connectivity index (χ3n) is 9.95. The zero-order chi connectivity index (χ0) is 44.1. The van der Waals surface area contributed by atoms with Crippen LogP contribution in [0.5, 0.6) is 0 Å². The van der Waals surface area contributed by atoms with E-state index >= 15 is 8.78 Å². The molecule has 60 heavy (non-hydrogen) atoms. The van der Waals surface area contributed by atoms with Crippen molar-refractivity contribution in [2.45, 2.75) is 68.3 Å². The zero-order valence-electron chi connectivity index (χ0n) is 31.0. The molecular weight excluding hydrogens is 860 g/mol. The Morgan fingerprint density at radius 3 is 2.27 bits per heavy atom. The largest absolute Gasteiger partial charge is 0.435 e. The van der Waals surface area contributed by atoms with Gasteiger partial charge in [0.2, 0.25) is 5.91 Å². The molecule has 0 fully saturated rings. The Bertz CT molecular complexity index is 2820. The van der Waals surface area contributed by atoms with E-state index in [0.29, 0.717) is 10.7 Å². The van der Waals surface area contributed by atoms with Crippen molar-refractivity contribution in [3.63, 3.8) is 0 Å². The van der Waals surface area contributed by atoms with E-state index in [-0.39, 0.29) is 48.7 Å². The van der Waals surface area contributed by atoms with Crippen LogP contribution in [-0.4, -0.2) is 56.0 Å². The molecule has 7 rings (SSSR count). The average molecular weight is 888 g/mol. The van der Waals surface area contributed by atoms with E-state index in [1.807, 2.05) is 0 Å². The van der Waals surface area contributed by atoms with E-state index in [9.17, 15) is 48.3 Å². The number of fused-ring (bicyclic) bond motifs is 4.